The highest BCUT2D eigenvalue weighted by Gasteiger charge is 2.15. The largest absolute Gasteiger partial charge is 0.384 e. The Morgan fingerprint density at radius 1 is 1.42 bits per heavy atom. The van der Waals surface area contributed by atoms with Crippen molar-refractivity contribution in [1.29, 1.82) is 0 Å². The summed E-state index contributed by atoms with van der Waals surface area (Å²) in [5.74, 6) is 2.91. The van der Waals surface area contributed by atoms with Crippen LogP contribution in [-0.2, 0) is 4.29 Å². The van der Waals surface area contributed by atoms with Crippen molar-refractivity contribution in [1.82, 2.24) is 5.32 Å². The van der Waals surface area contributed by atoms with Gasteiger partial charge in [0.15, 0.2) is 5.76 Å². The molecule has 0 amide bonds. The molecule has 19 heavy (non-hydrogen) atoms. The molecule has 0 aromatic heterocycles. The van der Waals surface area contributed by atoms with Crippen LogP contribution in [0.25, 0.3) is 0 Å². The van der Waals surface area contributed by atoms with Gasteiger partial charge in [0.1, 0.15) is 11.9 Å². The van der Waals surface area contributed by atoms with Crippen LogP contribution in [0.4, 0.5) is 0 Å². The first-order valence-electron chi connectivity index (χ1n) is 5.86. The molecular formula is C16H20ClNO. The molecule has 0 radical (unpaired) electrons. The van der Waals surface area contributed by atoms with Gasteiger partial charge in [0, 0.05) is 11.3 Å². The fourth-order valence-electron chi connectivity index (χ4n) is 1.48. The van der Waals surface area contributed by atoms with Crippen molar-refractivity contribution in [2.45, 2.75) is 27.2 Å². The van der Waals surface area contributed by atoms with Gasteiger partial charge in [-0.1, -0.05) is 44.2 Å². The SMILES string of the molecule is C#C/C(C(=C)NC(=C)C)=C(OCl)\C(C=C)=C(/C)CC. The number of terminal acetylenes is 1. The summed E-state index contributed by atoms with van der Waals surface area (Å²) < 4.78 is 4.93. The Morgan fingerprint density at radius 2 is 2.00 bits per heavy atom. The molecule has 0 aromatic carbocycles. The molecule has 0 aliphatic carbocycles. The topological polar surface area (TPSA) is 21.3 Å². The molecule has 0 atom stereocenters. The smallest absolute Gasteiger partial charge is 0.171 e. The van der Waals surface area contributed by atoms with E-state index in [1.165, 1.54) is 0 Å². The van der Waals surface area contributed by atoms with Crippen LogP contribution in [0.3, 0.4) is 0 Å². The van der Waals surface area contributed by atoms with E-state index in [1.54, 1.807) is 6.08 Å². The third-order valence-electron chi connectivity index (χ3n) is 2.55. The van der Waals surface area contributed by atoms with Crippen molar-refractivity contribution in [3.05, 3.63) is 59.7 Å². The van der Waals surface area contributed by atoms with E-state index in [2.05, 4.69) is 31.0 Å². The normalized spacial score (nSPS) is 12.6. The van der Waals surface area contributed by atoms with Crippen molar-refractivity contribution in [2.24, 2.45) is 0 Å². The van der Waals surface area contributed by atoms with Crippen LogP contribution in [0.15, 0.2) is 59.7 Å². The molecule has 0 heterocycles. The summed E-state index contributed by atoms with van der Waals surface area (Å²) in [7, 11) is 0. The maximum Gasteiger partial charge on any atom is 0.171 e. The van der Waals surface area contributed by atoms with Crippen LogP contribution in [0.5, 0.6) is 0 Å². The number of allylic oxidation sites excluding steroid dienone is 4. The minimum atomic E-state index is 0.372. The van der Waals surface area contributed by atoms with Crippen molar-refractivity contribution in [2.75, 3.05) is 0 Å². The summed E-state index contributed by atoms with van der Waals surface area (Å²) in [5.41, 5.74) is 3.52. The van der Waals surface area contributed by atoms with Crippen LogP contribution in [-0.4, -0.2) is 0 Å². The predicted octanol–water partition coefficient (Wildman–Crippen LogP) is 4.59. The fourth-order valence-corrected chi connectivity index (χ4v) is 1.64. The number of halogens is 1. The summed E-state index contributed by atoms with van der Waals surface area (Å²) in [4.78, 5) is 0. The fraction of sp³-hybridized carbons (Fsp3) is 0.250. The molecule has 0 saturated heterocycles. The zero-order valence-corrected chi connectivity index (χ0v) is 12.5. The lowest BCUT2D eigenvalue weighted by molar-refractivity contribution is 0.482. The number of rotatable bonds is 7. The Labute approximate surface area is 121 Å². The van der Waals surface area contributed by atoms with Gasteiger partial charge in [0.2, 0.25) is 0 Å². The monoisotopic (exact) mass is 277 g/mol. The summed E-state index contributed by atoms with van der Waals surface area (Å²) in [5, 5.41) is 2.96. The minimum Gasteiger partial charge on any atom is -0.384 e. The van der Waals surface area contributed by atoms with E-state index in [-0.39, 0.29) is 0 Å². The van der Waals surface area contributed by atoms with Crippen LogP contribution < -0.4 is 5.32 Å². The Balaban J connectivity index is 5.91. The third kappa shape index (κ3) is 4.73. The van der Waals surface area contributed by atoms with Crippen molar-refractivity contribution >= 4 is 11.9 Å². The Kier molecular flexibility index (Phi) is 7.48. The first-order chi connectivity index (χ1) is 8.92. The molecule has 1 N–H and O–H groups in total. The van der Waals surface area contributed by atoms with E-state index in [9.17, 15) is 0 Å². The first kappa shape index (κ1) is 17.2. The molecule has 102 valence electrons. The van der Waals surface area contributed by atoms with Gasteiger partial charge < -0.3 is 9.61 Å². The molecule has 0 fully saturated rings. The van der Waals surface area contributed by atoms with Gasteiger partial charge in [-0.3, -0.25) is 0 Å². The average Bonchev–Trinajstić information content (AvgIpc) is 2.37. The van der Waals surface area contributed by atoms with Gasteiger partial charge >= 0.3 is 0 Å². The lowest BCUT2D eigenvalue weighted by Crippen LogP contribution is -2.12. The van der Waals surface area contributed by atoms with E-state index in [4.69, 9.17) is 22.6 Å². The van der Waals surface area contributed by atoms with Gasteiger partial charge in [-0.25, -0.2) is 0 Å². The second kappa shape index (κ2) is 8.29. The third-order valence-corrected chi connectivity index (χ3v) is 2.71. The summed E-state index contributed by atoms with van der Waals surface area (Å²) in [6.45, 7) is 17.2. The number of nitrogens with one attached hydrogen (secondary N) is 1. The second-order valence-corrected chi connectivity index (χ2v) is 4.22. The molecule has 3 heteroatoms. The summed E-state index contributed by atoms with van der Waals surface area (Å²) in [6, 6.07) is 0. The molecule has 0 rings (SSSR count). The predicted molar refractivity (Wildman–Crippen MR) is 83.1 cm³/mol. The molecule has 0 aliphatic heterocycles. The highest BCUT2D eigenvalue weighted by molar-refractivity contribution is 6.08. The van der Waals surface area contributed by atoms with Crippen LogP contribution in [0.2, 0.25) is 0 Å². The van der Waals surface area contributed by atoms with E-state index in [1.807, 2.05) is 20.8 Å². The minimum absolute atomic E-state index is 0.372. The lowest BCUT2D eigenvalue weighted by Gasteiger charge is -2.14. The molecule has 0 bridgehead atoms. The van der Waals surface area contributed by atoms with E-state index >= 15 is 0 Å². The van der Waals surface area contributed by atoms with Gasteiger partial charge in [-0.2, -0.15) is 0 Å². The maximum atomic E-state index is 5.57. The molecule has 2 nitrogen and oxygen atoms in total. The lowest BCUT2D eigenvalue weighted by atomic mass is 10.0. The average molecular weight is 278 g/mol. The zero-order chi connectivity index (χ0) is 15.0. The van der Waals surface area contributed by atoms with Gasteiger partial charge in [-0.05, 0) is 20.3 Å². The van der Waals surface area contributed by atoms with Crippen LogP contribution in [0, 0.1) is 12.3 Å². The second-order valence-electron chi connectivity index (χ2n) is 4.06. The first-order valence-corrected chi connectivity index (χ1v) is 6.17. The zero-order valence-electron chi connectivity index (χ0n) is 11.8. The standard InChI is InChI=1S/C16H20ClNO/c1-8-12(6)14(9-2)16(19-17)15(10-3)13(7)18-11(4)5/h3,9,18H,2,4,7-8H2,1,5-6H3/b14-12+,16-15-. The van der Waals surface area contributed by atoms with E-state index < -0.39 is 0 Å². The molecule has 0 spiro atoms. The van der Waals surface area contributed by atoms with E-state index in [0.29, 0.717) is 17.0 Å². The van der Waals surface area contributed by atoms with E-state index in [0.717, 1.165) is 23.3 Å². The number of hydrogen-bond acceptors (Lipinski definition) is 2. The Hall–Kier alpha value is -1.85. The molecule has 0 aliphatic rings. The summed E-state index contributed by atoms with van der Waals surface area (Å²) >= 11 is 5.57. The molecule has 0 saturated carbocycles. The highest BCUT2D eigenvalue weighted by Crippen LogP contribution is 2.26. The highest BCUT2D eigenvalue weighted by atomic mass is 35.5. The van der Waals surface area contributed by atoms with Gasteiger partial charge in [-0.15, -0.1) is 6.42 Å². The van der Waals surface area contributed by atoms with Crippen molar-refractivity contribution in [3.8, 4) is 12.3 Å². The van der Waals surface area contributed by atoms with Gasteiger partial charge in [0.25, 0.3) is 0 Å². The molecule has 0 aromatic rings. The Morgan fingerprint density at radius 3 is 2.32 bits per heavy atom. The summed E-state index contributed by atoms with van der Waals surface area (Å²) in [6.07, 6.45) is 8.03. The quantitative estimate of drug-likeness (QED) is 0.417. The van der Waals surface area contributed by atoms with Gasteiger partial charge in [0.05, 0.1) is 11.3 Å². The Bertz CT molecular complexity index is 489. The van der Waals surface area contributed by atoms with Crippen LogP contribution >= 0.6 is 11.9 Å². The van der Waals surface area contributed by atoms with Crippen LogP contribution in [0.1, 0.15) is 27.2 Å². The molecule has 0 unspecified atom stereocenters. The number of hydrogen-bond donors (Lipinski definition) is 1. The van der Waals surface area contributed by atoms with Crippen molar-refractivity contribution in [3.63, 3.8) is 0 Å². The maximum absolute atomic E-state index is 5.57. The molecular weight excluding hydrogens is 258 g/mol. The van der Waals surface area contributed by atoms with Crippen molar-refractivity contribution < 1.29 is 4.29 Å².